The molecule has 2 aromatic carbocycles. The van der Waals surface area contributed by atoms with E-state index in [-0.39, 0.29) is 11.9 Å². The first kappa shape index (κ1) is 19.5. The summed E-state index contributed by atoms with van der Waals surface area (Å²) in [6.45, 7) is 3.62. The van der Waals surface area contributed by atoms with E-state index in [0.29, 0.717) is 6.54 Å². The van der Waals surface area contributed by atoms with E-state index in [1.54, 1.807) is 11.3 Å². The van der Waals surface area contributed by atoms with Crippen LogP contribution >= 0.6 is 11.3 Å². The van der Waals surface area contributed by atoms with Crippen molar-refractivity contribution in [3.05, 3.63) is 53.5 Å². The number of aromatic nitrogens is 1. The predicted molar refractivity (Wildman–Crippen MR) is 124 cm³/mol. The predicted octanol–water partition coefficient (Wildman–Crippen LogP) is 5.06. The number of carbonyl (C=O) groups is 1. The molecule has 1 N–H and O–H groups in total. The Morgan fingerprint density at radius 1 is 1.00 bits per heavy atom. The molecule has 2 saturated heterocycles. The van der Waals surface area contributed by atoms with Gasteiger partial charge >= 0.3 is 0 Å². The zero-order valence-corrected chi connectivity index (χ0v) is 18.0. The van der Waals surface area contributed by atoms with E-state index < -0.39 is 0 Å². The summed E-state index contributed by atoms with van der Waals surface area (Å²) in [5.41, 5.74) is 3.18. The summed E-state index contributed by atoms with van der Waals surface area (Å²) in [6.07, 6.45) is 6.05. The van der Waals surface area contributed by atoms with Gasteiger partial charge in [-0.2, -0.15) is 0 Å². The molecule has 1 aromatic heterocycles. The maximum Gasteiger partial charge on any atom is 0.238 e. The van der Waals surface area contributed by atoms with E-state index in [4.69, 9.17) is 4.98 Å². The Morgan fingerprint density at radius 3 is 2.60 bits per heavy atom. The minimum absolute atomic E-state index is 0.0498. The van der Waals surface area contributed by atoms with Crippen molar-refractivity contribution < 1.29 is 4.79 Å². The number of likely N-dealkylation sites (tertiary alicyclic amines) is 1. The number of nitrogens with one attached hydrogen (secondary N) is 1. The van der Waals surface area contributed by atoms with Gasteiger partial charge in [0.2, 0.25) is 5.91 Å². The molecule has 1 amide bonds. The molecule has 1 atom stereocenters. The third-order valence-electron chi connectivity index (χ3n) is 6.18. The zero-order valence-electron chi connectivity index (χ0n) is 17.2. The van der Waals surface area contributed by atoms with Crippen molar-refractivity contribution in [1.29, 1.82) is 0 Å². The van der Waals surface area contributed by atoms with Crippen LogP contribution in [0.15, 0.2) is 48.5 Å². The molecular formula is C24H28N4OS. The lowest BCUT2D eigenvalue weighted by atomic mass is 10.1. The lowest BCUT2D eigenvalue weighted by molar-refractivity contribution is -0.117. The fraction of sp³-hybridized carbons (Fsp3) is 0.417. The molecule has 2 aliphatic heterocycles. The molecule has 5 rings (SSSR count). The summed E-state index contributed by atoms with van der Waals surface area (Å²) in [7, 11) is 0. The first-order chi connectivity index (χ1) is 14.8. The lowest BCUT2D eigenvalue weighted by Gasteiger charge is -2.29. The van der Waals surface area contributed by atoms with Gasteiger partial charge < -0.3 is 10.2 Å². The van der Waals surface area contributed by atoms with Crippen LogP contribution in [0.25, 0.3) is 10.2 Å². The second-order valence-electron chi connectivity index (χ2n) is 8.29. The van der Waals surface area contributed by atoms with Gasteiger partial charge in [-0.25, -0.2) is 4.98 Å². The number of rotatable bonds is 5. The van der Waals surface area contributed by atoms with Crippen LogP contribution in [0.2, 0.25) is 0 Å². The standard InChI is InChI=1S/C24H28N4OS/c29-23(25-18-10-12-19(13-11-18)27-14-4-1-5-15-27)17-28-16-6-8-21(28)24-26-20-7-2-3-9-22(20)30-24/h2-3,7,9-13,21H,1,4-6,8,14-17H2,(H,25,29). The normalized spacial score (nSPS) is 20.0. The number of piperidine rings is 1. The Kier molecular flexibility index (Phi) is 5.69. The second-order valence-corrected chi connectivity index (χ2v) is 9.35. The number of anilines is 2. The average Bonchev–Trinajstić information content (AvgIpc) is 3.41. The molecule has 3 heterocycles. The fourth-order valence-electron chi connectivity index (χ4n) is 4.62. The molecule has 2 aliphatic rings. The smallest absolute Gasteiger partial charge is 0.238 e. The number of nitrogens with zero attached hydrogens (tertiary/aromatic N) is 3. The van der Waals surface area contributed by atoms with Crippen LogP contribution in [0.4, 0.5) is 11.4 Å². The van der Waals surface area contributed by atoms with Crippen LogP contribution in [-0.2, 0) is 4.79 Å². The Labute approximate surface area is 181 Å². The van der Waals surface area contributed by atoms with E-state index >= 15 is 0 Å². The van der Waals surface area contributed by atoms with E-state index in [2.05, 4.69) is 45.4 Å². The molecule has 0 spiro atoms. The molecule has 30 heavy (non-hydrogen) atoms. The Morgan fingerprint density at radius 2 is 1.80 bits per heavy atom. The van der Waals surface area contributed by atoms with Gasteiger partial charge in [0, 0.05) is 24.5 Å². The fourth-order valence-corrected chi connectivity index (χ4v) is 5.76. The highest BCUT2D eigenvalue weighted by Gasteiger charge is 2.30. The van der Waals surface area contributed by atoms with Gasteiger partial charge in [-0.1, -0.05) is 12.1 Å². The number of carbonyl (C=O) groups excluding carboxylic acids is 1. The molecule has 6 heteroatoms. The Bertz CT molecular complexity index is 976. The van der Waals surface area contributed by atoms with Crippen LogP contribution < -0.4 is 10.2 Å². The first-order valence-corrected chi connectivity index (χ1v) is 11.8. The van der Waals surface area contributed by atoms with Gasteiger partial charge in [-0.05, 0) is 75.0 Å². The highest BCUT2D eigenvalue weighted by atomic mass is 32.1. The zero-order chi connectivity index (χ0) is 20.3. The van der Waals surface area contributed by atoms with Crippen molar-refractivity contribution in [2.45, 2.75) is 38.1 Å². The number of para-hydroxylation sites is 1. The largest absolute Gasteiger partial charge is 0.372 e. The van der Waals surface area contributed by atoms with Crippen molar-refractivity contribution in [1.82, 2.24) is 9.88 Å². The van der Waals surface area contributed by atoms with Crippen molar-refractivity contribution in [2.75, 3.05) is 36.4 Å². The molecule has 0 radical (unpaired) electrons. The van der Waals surface area contributed by atoms with Gasteiger partial charge in [-0.3, -0.25) is 9.69 Å². The number of fused-ring (bicyclic) bond motifs is 1. The van der Waals surface area contributed by atoms with Gasteiger partial charge in [0.1, 0.15) is 5.01 Å². The summed E-state index contributed by atoms with van der Waals surface area (Å²) < 4.78 is 1.22. The number of amides is 1. The summed E-state index contributed by atoms with van der Waals surface area (Å²) >= 11 is 1.76. The SMILES string of the molecule is O=C(CN1CCCC1c1nc2ccccc2s1)Nc1ccc(N2CCCCC2)cc1. The van der Waals surface area contributed by atoms with Crippen LogP contribution in [0.1, 0.15) is 43.2 Å². The summed E-state index contributed by atoms with van der Waals surface area (Å²) in [5.74, 6) is 0.0498. The van der Waals surface area contributed by atoms with Crippen molar-refractivity contribution >= 4 is 38.8 Å². The molecule has 0 saturated carbocycles. The molecule has 0 aliphatic carbocycles. The number of hydrogen-bond donors (Lipinski definition) is 1. The topological polar surface area (TPSA) is 48.5 Å². The molecule has 2 fully saturated rings. The maximum absolute atomic E-state index is 12.7. The quantitative estimate of drug-likeness (QED) is 0.627. The maximum atomic E-state index is 12.7. The van der Waals surface area contributed by atoms with Gasteiger partial charge in [-0.15, -0.1) is 11.3 Å². The second kappa shape index (κ2) is 8.74. The Hall–Kier alpha value is -2.44. The highest BCUT2D eigenvalue weighted by molar-refractivity contribution is 7.18. The number of thiazole rings is 1. The van der Waals surface area contributed by atoms with Gasteiger partial charge in [0.05, 0.1) is 22.8 Å². The van der Waals surface area contributed by atoms with E-state index in [0.717, 1.165) is 48.7 Å². The van der Waals surface area contributed by atoms with Crippen molar-refractivity contribution in [3.8, 4) is 0 Å². The molecular weight excluding hydrogens is 392 g/mol. The molecule has 3 aromatic rings. The first-order valence-electron chi connectivity index (χ1n) is 11.0. The van der Waals surface area contributed by atoms with E-state index in [1.165, 1.54) is 29.6 Å². The highest BCUT2D eigenvalue weighted by Crippen LogP contribution is 2.36. The lowest BCUT2D eigenvalue weighted by Crippen LogP contribution is -2.33. The average molecular weight is 421 g/mol. The third-order valence-corrected chi connectivity index (χ3v) is 7.32. The summed E-state index contributed by atoms with van der Waals surface area (Å²) in [4.78, 5) is 22.3. The number of benzene rings is 2. The Balaban J connectivity index is 1.21. The van der Waals surface area contributed by atoms with Crippen LogP contribution in [0.3, 0.4) is 0 Å². The van der Waals surface area contributed by atoms with Crippen LogP contribution in [0, 0.1) is 0 Å². The molecule has 1 unspecified atom stereocenters. The van der Waals surface area contributed by atoms with Gasteiger partial charge in [0.15, 0.2) is 0 Å². The van der Waals surface area contributed by atoms with Crippen molar-refractivity contribution in [2.24, 2.45) is 0 Å². The van der Waals surface area contributed by atoms with Crippen molar-refractivity contribution in [3.63, 3.8) is 0 Å². The summed E-state index contributed by atoms with van der Waals surface area (Å²) in [5, 5.41) is 4.21. The van der Waals surface area contributed by atoms with E-state index in [9.17, 15) is 4.79 Å². The van der Waals surface area contributed by atoms with Crippen LogP contribution in [0.5, 0.6) is 0 Å². The minimum Gasteiger partial charge on any atom is -0.372 e. The molecule has 156 valence electrons. The van der Waals surface area contributed by atoms with Crippen LogP contribution in [-0.4, -0.2) is 42.0 Å². The third kappa shape index (κ3) is 4.20. The number of hydrogen-bond acceptors (Lipinski definition) is 5. The van der Waals surface area contributed by atoms with Gasteiger partial charge in [0.25, 0.3) is 0 Å². The molecule has 0 bridgehead atoms. The summed E-state index contributed by atoms with van der Waals surface area (Å²) in [6, 6.07) is 16.8. The molecule has 5 nitrogen and oxygen atoms in total. The minimum atomic E-state index is 0.0498. The van der Waals surface area contributed by atoms with E-state index in [1.807, 2.05) is 18.2 Å². The monoisotopic (exact) mass is 420 g/mol.